The van der Waals surface area contributed by atoms with Gasteiger partial charge in [0.15, 0.2) is 0 Å². The minimum Gasteiger partial charge on any atom is -0.407 e. The molecule has 96 valence electrons. The van der Waals surface area contributed by atoms with Crippen LogP contribution in [0.1, 0.15) is 12.8 Å². The molecule has 8 heteroatoms. The molecule has 1 amide bonds. The van der Waals surface area contributed by atoms with Crippen molar-refractivity contribution in [3.63, 3.8) is 0 Å². The highest BCUT2D eigenvalue weighted by atomic mass is 16.5. The number of nitrogens with two attached hydrogens (primary N) is 1. The molecule has 1 unspecified atom stereocenters. The lowest BCUT2D eigenvalue weighted by Crippen LogP contribution is -2.39. The van der Waals surface area contributed by atoms with E-state index in [9.17, 15) is 4.79 Å². The summed E-state index contributed by atoms with van der Waals surface area (Å²) in [6.07, 6.45) is 0. The van der Waals surface area contributed by atoms with E-state index in [1.165, 1.54) is 0 Å². The molecule has 17 heavy (non-hydrogen) atoms. The molecule has 0 spiro atoms. The molecule has 0 saturated heterocycles. The number of amides is 1. The van der Waals surface area contributed by atoms with Crippen molar-refractivity contribution in [2.45, 2.75) is 19.5 Å². The minimum absolute atomic E-state index is 0.170. The first-order valence-corrected chi connectivity index (χ1v) is 5.23. The molecule has 0 fully saturated rings. The highest BCUT2D eigenvalue weighted by Gasteiger charge is 2.14. The molecule has 1 rings (SSSR count). The Labute approximate surface area is 98.9 Å². The number of carbonyl (C=O) groups excluding carboxylic acids is 1. The van der Waals surface area contributed by atoms with Crippen LogP contribution in [-0.2, 0) is 16.1 Å². The Kier molecular flexibility index (Phi) is 5.37. The van der Waals surface area contributed by atoms with Gasteiger partial charge in [-0.15, -0.1) is 5.10 Å². The van der Waals surface area contributed by atoms with Crippen molar-refractivity contribution in [2.24, 2.45) is 5.73 Å². The van der Waals surface area contributed by atoms with Gasteiger partial charge >= 0.3 is 6.01 Å². The molecule has 1 heterocycles. The number of methoxy groups -OCH3 is 1. The van der Waals surface area contributed by atoms with E-state index in [4.69, 9.17) is 14.9 Å². The predicted molar refractivity (Wildman–Crippen MR) is 60.2 cm³/mol. The summed E-state index contributed by atoms with van der Waals surface area (Å²) >= 11 is 0. The van der Waals surface area contributed by atoms with Gasteiger partial charge in [-0.3, -0.25) is 4.79 Å². The van der Waals surface area contributed by atoms with Crippen molar-refractivity contribution in [1.82, 2.24) is 15.5 Å². The summed E-state index contributed by atoms with van der Waals surface area (Å²) in [6, 6.07) is -0.294. The molecule has 8 nitrogen and oxygen atoms in total. The normalized spacial score (nSPS) is 12.2. The first-order chi connectivity index (χ1) is 8.17. The van der Waals surface area contributed by atoms with Gasteiger partial charge in [-0.2, -0.15) is 0 Å². The van der Waals surface area contributed by atoms with Gasteiger partial charge in [-0.1, -0.05) is 5.10 Å². The van der Waals surface area contributed by atoms with Crippen LogP contribution in [0.15, 0.2) is 4.42 Å². The summed E-state index contributed by atoms with van der Waals surface area (Å²) < 4.78 is 9.93. The molecular formula is C9H17N5O3. The van der Waals surface area contributed by atoms with Crippen LogP contribution < -0.4 is 16.4 Å². The van der Waals surface area contributed by atoms with Crippen molar-refractivity contribution in [3.05, 3.63) is 5.89 Å². The highest BCUT2D eigenvalue weighted by Crippen LogP contribution is 2.06. The summed E-state index contributed by atoms with van der Waals surface area (Å²) in [7, 11) is 1.57. The minimum atomic E-state index is -0.474. The summed E-state index contributed by atoms with van der Waals surface area (Å²) in [6.45, 7) is 2.78. The molecule has 0 aromatic carbocycles. The SMILES string of the molecule is COCCNC(=O)C(C)Nc1nnc(CN)o1. The average molecular weight is 243 g/mol. The fraction of sp³-hybridized carbons (Fsp3) is 0.667. The second kappa shape index (κ2) is 6.81. The van der Waals surface area contributed by atoms with E-state index in [2.05, 4.69) is 20.8 Å². The van der Waals surface area contributed by atoms with E-state index in [-0.39, 0.29) is 18.5 Å². The van der Waals surface area contributed by atoms with Gasteiger partial charge in [0, 0.05) is 13.7 Å². The zero-order chi connectivity index (χ0) is 12.7. The van der Waals surface area contributed by atoms with Gasteiger partial charge in [0.2, 0.25) is 11.8 Å². The summed E-state index contributed by atoms with van der Waals surface area (Å²) in [4.78, 5) is 11.6. The van der Waals surface area contributed by atoms with Crippen LogP contribution in [-0.4, -0.2) is 42.4 Å². The molecule has 1 atom stereocenters. The summed E-state index contributed by atoms with van der Waals surface area (Å²) in [5.41, 5.74) is 5.32. The topological polar surface area (TPSA) is 115 Å². The molecule has 0 aliphatic rings. The van der Waals surface area contributed by atoms with Crippen molar-refractivity contribution >= 4 is 11.9 Å². The molecule has 1 aromatic rings. The van der Waals surface area contributed by atoms with Gasteiger partial charge < -0.3 is 25.5 Å². The fourth-order valence-electron chi connectivity index (χ4n) is 1.07. The largest absolute Gasteiger partial charge is 0.407 e. The quantitative estimate of drug-likeness (QED) is 0.531. The first kappa shape index (κ1) is 13.4. The molecule has 4 N–H and O–H groups in total. The number of hydrogen-bond acceptors (Lipinski definition) is 7. The first-order valence-electron chi connectivity index (χ1n) is 5.23. The van der Waals surface area contributed by atoms with Crippen molar-refractivity contribution in [2.75, 3.05) is 25.6 Å². The predicted octanol–water partition coefficient (Wildman–Crippen LogP) is -0.909. The number of ether oxygens (including phenoxy) is 1. The molecule has 0 aliphatic carbocycles. The fourth-order valence-corrected chi connectivity index (χ4v) is 1.07. The van der Waals surface area contributed by atoms with Gasteiger partial charge in [0.05, 0.1) is 13.2 Å². The highest BCUT2D eigenvalue weighted by molar-refractivity contribution is 5.83. The van der Waals surface area contributed by atoms with Crippen LogP contribution in [0.2, 0.25) is 0 Å². The number of carbonyl (C=O) groups is 1. The number of nitrogens with one attached hydrogen (secondary N) is 2. The zero-order valence-corrected chi connectivity index (χ0v) is 9.90. The monoisotopic (exact) mass is 243 g/mol. The van der Waals surface area contributed by atoms with Crippen LogP contribution in [0, 0.1) is 0 Å². The average Bonchev–Trinajstić information content (AvgIpc) is 2.77. The number of hydrogen-bond donors (Lipinski definition) is 3. The maximum atomic E-state index is 11.6. The standard InChI is InChI=1S/C9H17N5O3/c1-6(8(15)11-3-4-16-2)12-9-14-13-7(5-10)17-9/h6H,3-5,10H2,1-2H3,(H,11,15)(H,12,14). The van der Waals surface area contributed by atoms with Crippen LogP contribution >= 0.6 is 0 Å². The molecular weight excluding hydrogens is 226 g/mol. The number of nitrogens with zero attached hydrogens (tertiary/aromatic N) is 2. The lowest BCUT2D eigenvalue weighted by molar-refractivity contribution is -0.121. The molecule has 0 bridgehead atoms. The van der Waals surface area contributed by atoms with E-state index in [1.807, 2.05) is 0 Å². The zero-order valence-electron chi connectivity index (χ0n) is 9.90. The third-order valence-corrected chi connectivity index (χ3v) is 1.98. The van der Waals surface area contributed by atoms with Crippen molar-refractivity contribution in [3.8, 4) is 0 Å². The van der Waals surface area contributed by atoms with E-state index in [0.29, 0.717) is 19.0 Å². The second-order valence-electron chi connectivity index (χ2n) is 3.35. The van der Waals surface area contributed by atoms with Gasteiger partial charge in [-0.05, 0) is 6.92 Å². The Hall–Kier alpha value is -1.67. The van der Waals surface area contributed by atoms with E-state index < -0.39 is 6.04 Å². The molecule has 1 aromatic heterocycles. The number of anilines is 1. The van der Waals surface area contributed by atoms with Crippen molar-refractivity contribution < 1.29 is 13.9 Å². The summed E-state index contributed by atoms with van der Waals surface area (Å²) in [5.74, 6) is 0.147. The van der Waals surface area contributed by atoms with Gasteiger partial charge in [0.1, 0.15) is 6.04 Å². The van der Waals surface area contributed by atoms with Crippen LogP contribution in [0.4, 0.5) is 6.01 Å². The Morgan fingerprint density at radius 1 is 1.59 bits per heavy atom. The third-order valence-electron chi connectivity index (χ3n) is 1.98. The second-order valence-corrected chi connectivity index (χ2v) is 3.35. The maximum Gasteiger partial charge on any atom is 0.316 e. The number of aromatic nitrogens is 2. The van der Waals surface area contributed by atoms with Gasteiger partial charge in [0.25, 0.3) is 0 Å². The number of rotatable bonds is 7. The Bertz CT molecular complexity index is 354. The third kappa shape index (κ3) is 4.37. The van der Waals surface area contributed by atoms with Crippen molar-refractivity contribution in [1.29, 1.82) is 0 Å². The van der Waals surface area contributed by atoms with Crippen LogP contribution in [0.25, 0.3) is 0 Å². The van der Waals surface area contributed by atoms with E-state index in [1.54, 1.807) is 14.0 Å². The lowest BCUT2D eigenvalue weighted by Gasteiger charge is -2.11. The molecule has 0 saturated carbocycles. The summed E-state index contributed by atoms with van der Waals surface area (Å²) in [5, 5.41) is 12.8. The maximum absolute atomic E-state index is 11.6. The van der Waals surface area contributed by atoms with Gasteiger partial charge in [-0.25, -0.2) is 0 Å². The Morgan fingerprint density at radius 3 is 2.94 bits per heavy atom. The molecule has 0 aliphatic heterocycles. The molecule has 0 radical (unpaired) electrons. The Morgan fingerprint density at radius 2 is 2.35 bits per heavy atom. The van der Waals surface area contributed by atoms with Crippen LogP contribution in [0.3, 0.4) is 0 Å². The smallest absolute Gasteiger partial charge is 0.316 e. The lowest BCUT2D eigenvalue weighted by atomic mass is 10.3. The van der Waals surface area contributed by atoms with E-state index >= 15 is 0 Å². The Balaban J connectivity index is 2.37. The van der Waals surface area contributed by atoms with Crippen LogP contribution in [0.5, 0.6) is 0 Å². The van der Waals surface area contributed by atoms with E-state index in [0.717, 1.165) is 0 Å².